The Hall–Kier alpha value is -1.12. The van der Waals surface area contributed by atoms with Gasteiger partial charge in [0.15, 0.2) is 0 Å². The third-order valence-corrected chi connectivity index (χ3v) is 2.39. The smallest absolute Gasteiger partial charge is 0.310 e. The van der Waals surface area contributed by atoms with Crippen molar-refractivity contribution in [2.24, 2.45) is 11.7 Å². The summed E-state index contributed by atoms with van der Waals surface area (Å²) in [6, 6.07) is 2.01. The van der Waals surface area contributed by atoms with Crippen molar-refractivity contribution in [1.29, 1.82) is 5.26 Å². The monoisotopic (exact) mass is 197 g/mol. The maximum atomic E-state index is 11.3. The summed E-state index contributed by atoms with van der Waals surface area (Å²) in [4.78, 5) is 13.2. The SMILES string of the molecule is COC(=O)C1CC(N)CN(CC#N)C1. The highest BCUT2D eigenvalue weighted by molar-refractivity contribution is 5.72. The summed E-state index contributed by atoms with van der Waals surface area (Å²) in [5.74, 6) is -0.416. The van der Waals surface area contributed by atoms with Crippen LogP contribution in [-0.2, 0) is 9.53 Å². The normalized spacial score (nSPS) is 28.1. The van der Waals surface area contributed by atoms with Gasteiger partial charge >= 0.3 is 5.97 Å². The lowest BCUT2D eigenvalue weighted by Crippen LogP contribution is -2.49. The van der Waals surface area contributed by atoms with Crippen LogP contribution in [0.4, 0.5) is 0 Å². The first-order chi connectivity index (χ1) is 6.67. The van der Waals surface area contributed by atoms with Crippen LogP contribution in [0.15, 0.2) is 0 Å². The second kappa shape index (κ2) is 4.94. The van der Waals surface area contributed by atoms with E-state index >= 15 is 0 Å². The highest BCUT2D eigenvalue weighted by Gasteiger charge is 2.30. The quantitative estimate of drug-likeness (QED) is 0.469. The van der Waals surface area contributed by atoms with E-state index in [1.165, 1.54) is 7.11 Å². The molecule has 1 rings (SSSR count). The Bertz CT molecular complexity index is 249. The zero-order chi connectivity index (χ0) is 10.6. The van der Waals surface area contributed by atoms with E-state index in [-0.39, 0.29) is 17.9 Å². The third kappa shape index (κ3) is 2.69. The molecule has 5 nitrogen and oxygen atoms in total. The van der Waals surface area contributed by atoms with Crippen molar-refractivity contribution >= 4 is 5.97 Å². The van der Waals surface area contributed by atoms with Crippen LogP contribution < -0.4 is 5.73 Å². The molecule has 0 aromatic heterocycles. The Morgan fingerprint density at radius 2 is 2.43 bits per heavy atom. The molecule has 0 aliphatic carbocycles. The molecule has 0 spiro atoms. The molecule has 0 radical (unpaired) electrons. The first-order valence-electron chi connectivity index (χ1n) is 4.60. The average molecular weight is 197 g/mol. The van der Waals surface area contributed by atoms with E-state index in [4.69, 9.17) is 11.0 Å². The molecule has 2 atom stereocenters. The van der Waals surface area contributed by atoms with Gasteiger partial charge in [-0.1, -0.05) is 0 Å². The Kier molecular flexibility index (Phi) is 3.86. The Morgan fingerprint density at radius 1 is 1.71 bits per heavy atom. The molecular formula is C9H15N3O2. The van der Waals surface area contributed by atoms with Gasteiger partial charge < -0.3 is 10.5 Å². The second-order valence-electron chi connectivity index (χ2n) is 3.57. The van der Waals surface area contributed by atoms with Crippen molar-refractivity contribution in [1.82, 2.24) is 4.90 Å². The lowest BCUT2D eigenvalue weighted by atomic mass is 9.95. The largest absolute Gasteiger partial charge is 0.469 e. The van der Waals surface area contributed by atoms with Crippen molar-refractivity contribution in [3.63, 3.8) is 0 Å². The number of piperidine rings is 1. The Morgan fingerprint density at radius 3 is 3.00 bits per heavy atom. The Labute approximate surface area is 83.4 Å². The maximum absolute atomic E-state index is 11.3. The molecule has 5 heteroatoms. The predicted molar refractivity (Wildman–Crippen MR) is 50.2 cm³/mol. The zero-order valence-corrected chi connectivity index (χ0v) is 8.27. The van der Waals surface area contributed by atoms with Crippen LogP contribution in [0.1, 0.15) is 6.42 Å². The molecule has 1 aliphatic heterocycles. The summed E-state index contributed by atoms with van der Waals surface area (Å²) >= 11 is 0. The minimum atomic E-state index is -0.233. The first kappa shape index (κ1) is 11.0. The van der Waals surface area contributed by atoms with Gasteiger partial charge in [0.2, 0.25) is 0 Å². The number of likely N-dealkylation sites (tertiary alicyclic amines) is 1. The van der Waals surface area contributed by atoms with Crippen LogP contribution >= 0.6 is 0 Å². The molecular weight excluding hydrogens is 182 g/mol. The molecule has 0 saturated carbocycles. The molecule has 0 aromatic carbocycles. The van der Waals surface area contributed by atoms with Crippen LogP contribution in [0.25, 0.3) is 0 Å². The highest BCUT2D eigenvalue weighted by Crippen LogP contribution is 2.16. The molecule has 2 N–H and O–H groups in total. The summed E-state index contributed by atoms with van der Waals surface area (Å²) in [6.45, 7) is 1.58. The molecule has 1 saturated heterocycles. The number of nitriles is 1. The van der Waals surface area contributed by atoms with Crippen molar-refractivity contribution in [2.45, 2.75) is 12.5 Å². The summed E-state index contributed by atoms with van der Waals surface area (Å²) in [6.07, 6.45) is 0.647. The molecule has 0 aromatic rings. The van der Waals surface area contributed by atoms with Gasteiger partial charge in [-0.15, -0.1) is 0 Å². The van der Waals surface area contributed by atoms with Gasteiger partial charge in [0.25, 0.3) is 0 Å². The highest BCUT2D eigenvalue weighted by atomic mass is 16.5. The Balaban J connectivity index is 2.54. The molecule has 14 heavy (non-hydrogen) atoms. The van der Waals surface area contributed by atoms with Gasteiger partial charge in [-0.2, -0.15) is 5.26 Å². The number of ether oxygens (including phenoxy) is 1. The van der Waals surface area contributed by atoms with E-state index in [0.717, 1.165) is 0 Å². The van der Waals surface area contributed by atoms with Gasteiger partial charge in [-0.05, 0) is 6.42 Å². The van der Waals surface area contributed by atoms with E-state index in [1.54, 1.807) is 0 Å². The number of nitrogens with zero attached hydrogens (tertiary/aromatic N) is 2. The molecule has 0 bridgehead atoms. The lowest BCUT2D eigenvalue weighted by Gasteiger charge is -2.33. The van der Waals surface area contributed by atoms with Crippen LogP contribution in [0.3, 0.4) is 0 Å². The number of nitrogens with two attached hydrogens (primary N) is 1. The van der Waals surface area contributed by atoms with Crippen molar-refractivity contribution in [3.05, 3.63) is 0 Å². The fraction of sp³-hybridized carbons (Fsp3) is 0.778. The summed E-state index contributed by atoms with van der Waals surface area (Å²) < 4.78 is 4.66. The number of rotatable bonds is 2. The molecule has 1 heterocycles. The van der Waals surface area contributed by atoms with E-state index in [9.17, 15) is 4.79 Å². The van der Waals surface area contributed by atoms with Crippen molar-refractivity contribution in [3.8, 4) is 6.07 Å². The minimum absolute atomic E-state index is 0.0406. The summed E-state index contributed by atoms with van der Waals surface area (Å²) in [7, 11) is 1.37. The lowest BCUT2D eigenvalue weighted by molar-refractivity contribution is -0.147. The number of methoxy groups -OCH3 is 1. The standard InChI is InChI=1S/C9H15N3O2/c1-14-9(13)7-4-8(11)6-12(5-7)3-2-10/h7-8H,3-6,11H2,1H3. The van der Waals surface area contributed by atoms with E-state index in [2.05, 4.69) is 10.8 Å². The summed E-state index contributed by atoms with van der Waals surface area (Å²) in [5, 5.41) is 8.54. The van der Waals surface area contributed by atoms with E-state index < -0.39 is 0 Å². The maximum Gasteiger partial charge on any atom is 0.310 e. The van der Waals surface area contributed by atoms with Crippen molar-refractivity contribution in [2.75, 3.05) is 26.7 Å². The van der Waals surface area contributed by atoms with Crippen LogP contribution in [-0.4, -0.2) is 43.7 Å². The molecule has 78 valence electrons. The van der Waals surface area contributed by atoms with E-state index in [1.807, 2.05) is 4.90 Å². The first-order valence-corrected chi connectivity index (χ1v) is 4.60. The number of hydrogen-bond acceptors (Lipinski definition) is 5. The number of hydrogen-bond donors (Lipinski definition) is 1. The molecule has 0 amide bonds. The average Bonchev–Trinajstić information content (AvgIpc) is 2.16. The van der Waals surface area contributed by atoms with Gasteiger partial charge in [0.05, 0.1) is 25.6 Å². The van der Waals surface area contributed by atoms with Gasteiger partial charge in [-0.3, -0.25) is 9.69 Å². The van der Waals surface area contributed by atoms with Crippen LogP contribution in [0.2, 0.25) is 0 Å². The molecule has 1 aliphatic rings. The fourth-order valence-corrected chi connectivity index (χ4v) is 1.80. The number of carbonyl (C=O) groups excluding carboxylic acids is 1. The van der Waals surface area contributed by atoms with Crippen molar-refractivity contribution < 1.29 is 9.53 Å². The third-order valence-electron chi connectivity index (χ3n) is 2.39. The summed E-state index contributed by atoms with van der Waals surface area (Å²) in [5.41, 5.74) is 5.78. The van der Waals surface area contributed by atoms with Gasteiger partial charge in [-0.25, -0.2) is 0 Å². The van der Waals surface area contributed by atoms with Gasteiger partial charge in [0, 0.05) is 19.1 Å². The minimum Gasteiger partial charge on any atom is -0.469 e. The van der Waals surface area contributed by atoms with Crippen LogP contribution in [0, 0.1) is 17.2 Å². The zero-order valence-electron chi connectivity index (χ0n) is 8.27. The molecule has 1 fully saturated rings. The number of esters is 1. The topological polar surface area (TPSA) is 79.3 Å². The van der Waals surface area contributed by atoms with E-state index in [0.29, 0.717) is 26.1 Å². The van der Waals surface area contributed by atoms with Gasteiger partial charge in [0.1, 0.15) is 0 Å². The predicted octanol–water partition coefficient (Wildman–Crippen LogP) is -0.668. The molecule has 2 unspecified atom stereocenters. The fourth-order valence-electron chi connectivity index (χ4n) is 1.80. The van der Waals surface area contributed by atoms with Crippen LogP contribution in [0.5, 0.6) is 0 Å². The second-order valence-corrected chi connectivity index (χ2v) is 3.57. The number of carbonyl (C=O) groups is 1.